The summed E-state index contributed by atoms with van der Waals surface area (Å²) in [6.45, 7) is 6.86. The monoisotopic (exact) mass is 387 g/mol. The Kier molecular flexibility index (Phi) is 3.92. The summed E-state index contributed by atoms with van der Waals surface area (Å²) in [7, 11) is 0. The van der Waals surface area contributed by atoms with Crippen LogP contribution in [-0.2, 0) is 10.2 Å². The lowest BCUT2D eigenvalue weighted by Gasteiger charge is -2.36. The van der Waals surface area contributed by atoms with Crippen molar-refractivity contribution in [1.29, 1.82) is 0 Å². The van der Waals surface area contributed by atoms with Gasteiger partial charge in [-0.1, -0.05) is 38.1 Å². The third kappa shape index (κ3) is 2.36. The van der Waals surface area contributed by atoms with Gasteiger partial charge >= 0.3 is 0 Å². The standard InChI is InChI=1S/C24H25N3O2/c1-4-29-19-12-8-7-11-18(19)27-22(28)24-14-13-15(23(24,2)3)20-21(24)26-17-10-6-5-9-16(17)25-20/h5-12,15H,4,13-14H2,1-3H3,(H,27,28). The van der Waals surface area contributed by atoms with Crippen LogP contribution in [0, 0.1) is 5.41 Å². The molecule has 1 amide bonds. The molecule has 2 bridgehead atoms. The largest absolute Gasteiger partial charge is 0.492 e. The summed E-state index contributed by atoms with van der Waals surface area (Å²) < 4.78 is 5.71. The summed E-state index contributed by atoms with van der Waals surface area (Å²) in [6, 6.07) is 15.5. The van der Waals surface area contributed by atoms with Crippen molar-refractivity contribution >= 4 is 22.6 Å². The minimum atomic E-state index is -0.691. The molecule has 3 aromatic rings. The van der Waals surface area contributed by atoms with Gasteiger partial charge in [0.2, 0.25) is 5.91 Å². The van der Waals surface area contributed by atoms with Crippen molar-refractivity contribution in [3.63, 3.8) is 0 Å². The highest BCUT2D eigenvalue weighted by atomic mass is 16.5. The Morgan fingerprint density at radius 3 is 2.55 bits per heavy atom. The number of para-hydroxylation sites is 4. The highest BCUT2D eigenvalue weighted by Crippen LogP contribution is 2.67. The van der Waals surface area contributed by atoms with Gasteiger partial charge in [-0.15, -0.1) is 0 Å². The Hall–Kier alpha value is -2.95. The molecule has 29 heavy (non-hydrogen) atoms. The average molecular weight is 387 g/mol. The van der Waals surface area contributed by atoms with E-state index >= 15 is 0 Å². The number of fused-ring (bicyclic) bond motifs is 6. The SMILES string of the molecule is CCOc1ccccc1NC(=O)C12CCC(c3nc4ccccc4nc31)C2(C)C. The number of ether oxygens (including phenoxy) is 1. The molecule has 1 fully saturated rings. The number of nitrogens with one attached hydrogen (secondary N) is 1. The predicted octanol–water partition coefficient (Wildman–Crippen LogP) is 4.82. The number of rotatable bonds is 4. The fourth-order valence-electron chi connectivity index (χ4n) is 5.41. The van der Waals surface area contributed by atoms with Gasteiger partial charge in [-0.2, -0.15) is 0 Å². The maximum absolute atomic E-state index is 13.8. The zero-order chi connectivity index (χ0) is 20.2. The topological polar surface area (TPSA) is 64.1 Å². The number of hydrogen-bond donors (Lipinski definition) is 1. The first-order valence-corrected chi connectivity index (χ1v) is 10.3. The van der Waals surface area contributed by atoms with E-state index < -0.39 is 5.41 Å². The third-order valence-corrected chi connectivity index (χ3v) is 6.93. The second kappa shape index (κ2) is 6.28. The fraction of sp³-hybridized carbons (Fsp3) is 0.375. The van der Waals surface area contributed by atoms with Gasteiger partial charge < -0.3 is 10.1 Å². The molecule has 1 N–H and O–H groups in total. The first-order chi connectivity index (χ1) is 14.0. The van der Waals surface area contributed by atoms with Crippen LogP contribution in [0.1, 0.15) is 50.9 Å². The quantitative estimate of drug-likeness (QED) is 0.697. The van der Waals surface area contributed by atoms with Gasteiger partial charge in [0.15, 0.2) is 0 Å². The number of hydrogen-bond acceptors (Lipinski definition) is 4. The van der Waals surface area contributed by atoms with Crippen molar-refractivity contribution in [2.24, 2.45) is 5.41 Å². The first-order valence-electron chi connectivity index (χ1n) is 10.3. The van der Waals surface area contributed by atoms with E-state index in [0.717, 1.165) is 35.3 Å². The number of carbonyl (C=O) groups is 1. The molecule has 2 aliphatic carbocycles. The molecule has 5 heteroatoms. The van der Waals surface area contributed by atoms with Crippen LogP contribution in [0.5, 0.6) is 5.75 Å². The van der Waals surface area contributed by atoms with Crippen LogP contribution >= 0.6 is 0 Å². The van der Waals surface area contributed by atoms with Crippen LogP contribution in [0.4, 0.5) is 5.69 Å². The summed E-state index contributed by atoms with van der Waals surface area (Å²) in [5, 5.41) is 3.17. The number of nitrogens with zero attached hydrogens (tertiary/aromatic N) is 2. The van der Waals surface area contributed by atoms with E-state index in [1.165, 1.54) is 0 Å². The molecule has 1 saturated carbocycles. The van der Waals surface area contributed by atoms with Gasteiger partial charge in [0.25, 0.3) is 0 Å². The van der Waals surface area contributed by atoms with Crippen molar-refractivity contribution in [3.05, 3.63) is 59.9 Å². The normalized spacial score (nSPS) is 23.8. The van der Waals surface area contributed by atoms with Crippen LogP contribution in [0.25, 0.3) is 11.0 Å². The summed E-state index contributed by atoms with van der Waals surface area (Å²) in [5.74, 6) is 0.915. The van der Waals surface area contributed by atoms with E-state index in [9.17, 15) is 4.79 Å². The number of amides is 1. The second-order valence-electron chi connectivity index (χ2n) is 8.55. The van der Waals surface area contributed by atoms with Crippen LogP contribution in [-0.4, -0.2) is 22.5 Å². The van der Waals surface area contributed by atoms with Gasteiger partial charge in [0.1, 0.15) is 5.75 Å². The smallest absolute Gasteiger partial charge is 0.237 e. The van der Waals surface area contributed by atoms with Crippen molar-refractivity contribution < 1.29 is 9.53 Å². The Morgan fingerprint density at radius 2 is 1.79 bits per heavy atom. The number of benzene rings is 2. The molecule has 2 aromatic carbocycles. The molecule has 5 rings (SSSR count). The van der Waals surface area contributed by atoms with Crippen LogP contribution in [0.2, 0.25) is 0 Å². The molecule has 2 atom stereocenters. The average Bonchev–Trinajstić information content (AvgIpc) is 3.09. The molecule has 0 saturated heterocycles. The molecule has 2 unspecified atom stereocenters. The van der Waals surface area contributed by atoms with Crippen LogP contribution in [0.15, 0.2) is 48.5 Å². The van der Waals surface area contributed by atoms with Crippen molar-refractivity contribution in [1.82, 2.24) is 9.97 Å². The summed E-state index contributed by atoms with van der Waals surface area (Å²) in [6.07, 6.45) is 1.74. The molecular formula is C24H25N3O2. The minimum Gasteiger partial charge on any atom is -0.492 e. The minimum absolute atomic E-state index is 0.0134. The summed E-state index contributed by atoms with van der Waals surface area (Å²) >= 11 is 0. The van der Waals surface area contributed by atoms with Gasteiger partial charge in [-0.05, 0) is 49.4 Å². The summed E-state index contributed by atoms with van der Waals surface area (Å²) in [5.41, 5.74) is 3.34. The number of anilines is 1. The van der Waals surface area contributed by atoms with E-state index in [2.05, 4.69) is 19.2 Å². The third-order valence-electron chi connectivity index (χ3n) is 6.93. The van der Waals surface area contributed by atoms with Crippen molar-refractivity contribution in [2.45, 2.75) is 44.9 Å². The molecule has 1 aromatic heterocycles. The maximum Gasteiger partial charge on any atom is 0.237 e. The van der Waals surface area contributed by atoms with Crippen LogP contribution in [0.3, 0.4) is 0 Å². The van der Waals surface area contributed by atoms with Crippen molar-refractivity contribution in [3.8, 4) is 5.75 Å². The van der Waals surface area contributed by atoms with E-state index in [1.807, 2.05) is 55.5 Å². The Bertz CT molecular complexity index is 1120. The Labute approximate surface area is 170 Å². The molecule has 2 aliphatic rings. The lowest BCUT2D eigenvalue weighted by atomic mass is 9.67. The highest BCUT2D eigenvalue weighted by Gasteiger charge is 2.67. The van der Waals surface area contributed by atoms with Gasteiger partial charge in [0, 0.05) is 5.92 Å². The van der Waals surface area contributed by atoms with E-state index in [4.69, 9.17) is 14.7 Å². The Balaban J connectivity index is 1.63. The molecule has 0 spiro atoms. The first kappa shape index (κ1) is 18.1. The van der Waals surface area contributed by atoms with Crippen molar-refractivity contribution in [2.75, 3.05) is 11.9 Å². The molecule has 0 aliphatic heterocycles. The predicted molar refractivity (Wildman–Crippen MR) is 113 cm³/mol. The van der Waals surface area contributed by atoms with Gasteiger partial charge in [0.05, 0.1) is 40.1 Å². The molecule has 1 heterocycles. The molecular weight excluding hydrogens is 362 g/mol. The van der Waals surface area contributed by atoms with Gasteiger partial charge in [-0.3, -0.25) is 4.79 Å². The highest BCUT2D eigenvalue weighted by molar-refractivity contribution is 6.02. The molecule has 148 valence electrons. The number of aromatic nitrogens is 2. The zero-order valence-corrected chi connectivity index (χ0v) is 17.0. The molecule has 0 radical (unpaired) electrons. The fourth-order valence-corrected chi connectivity index (χ4v) is 5.41. The van der Waals surface area contributed by atoms with Crippen LogP contribution < -0.4 is 10.1 Å². The zero-order valence-electron chi connectivity index (χ0n) is 17.0. The van der Waals surface area contributed by atoms with Gasteiger partial charge in [-0.25, -0.2) is 9.97 Å². The lowest BCUT2D eigenvalue weighted by molar-refractivity contribution is -0.124. The number of carbonyl (C=O) groups excluding carboxylic acids is 1. The molecule has 5 nitrogen and oxygen atoms in total. The van der Waals surface area contributed by atoms with E-state index in [1.54, 1.807) is 0 Å². The Morgan fingerprint density at radius 1 is 1.10 bits per heavy atom. The maximum atomic E-state index is 13.8. The van der Waals surface area contributed by atoms with E-state index in [0.29, 0.717) is 18.0 Å². The van der Waals surface area contributed by atoms with E-state index in [-0.39, 0.29) is 17.2 Å². The lowest BCUT2D eigenvalue weighted by Crippen LogP contribution is -2.46. The second-order valence-corrected chi connectivity index (χ2v) is 8.55. The summed E-state index contributed by atoms with van der Waals surface area (Å²) in [4.78, 5) is 23.8.